The monoisotopic (exact) mass is 120 g/mol. The second kappa shape index (κ2) is 5.10. The lowest BCUT2D eigenvalue weighted by Gasteiger charge is -1.84. The van der Waals surface area contributed by atoms with Gasteiger partial charge in [0.05, 0.1) is 0 Å². The first kappa shape index (κ1) is 7.96. The van der Waals surface area contributed by atoms with Crippen LogP contribution in [0.15, 0.2) is 49.1 Å². The third kappa shape index (κ3) is 3.53. The summed E-state index contributed by atoms with van der Waals surface area (Å²) >= 11 is 0. The topological polar surface area (TPSA) is 0 Å². The molecule has 0 spiro atoms. The Morgan fingerprint density at radius 2 is 1.78 bits per heavy atom. The van der Waals surface area contributed by atoms with Crippen molar-refractivity contribution < 1.29 is 0 Å². The minimum atomic E-state index is 1.05. The summed E-state index contributed by atoms with van der Waals surface area (Å²) in [5.41, 5.74) is 1.05. The van der Waals surface area contributed by atoms with E-state index in [1.807, 2.05) is 25.2 Å². The predicted octanol–water partition coefficient (Wildman–Crippen LogP) is 2.86. The highest BCUT2D eigenvalue weighted by Gasteiger charge is 1.74. The van der Waals surface area contributed by atoms with Crippen LogP contribution in [0.1, 0.15) is 6.92 Å². The van der Waals surface area contributed by atoms with E-state index in [0.717, 1.165) is 5.57 Å². The van der Waals surface area contributed by atoms with Crippen LogP contribution in [0.3, 0.4) is 0 Å². The maximum atomic E-state index is 3.61. The Morgan fingerprint density at radius 1 is 1.22 bits per heavy atom. The molecule has 0 atom stereocenters. The van der Waals surface area contributed by atoms with Gasteiger partial charge in [-0.15, -0.1) is 0 Å². The van der Waals surface area contributed by atoms with Gasteiger partial charge in [0, 0.05) is 0 Å². The van der Waals surface area contributed by atoms with Crippen LogP contribution in [0.2, 0.25) is 0 Å². The van der Waals surface area contributed by atoms with Gasteiger partial charge in [0.1, 0.15) is 0 Å². The highest BCUT2D eigenvalue weighted by molar-refractivity contribution is 5.30. The fourth-order valence-electron chi connectivity index (χ4n) is 0.427. The molecular formula is C9H12. The summed E-state index contributed by atoms with van der Waals surface area (Å²) < 4.78 is 0. The fourth-order valence-corrected chi connectivity index (χ4v) is 0.427. The molecule has 0 unspecified atom stereocenters. The zero-order valence-electron chi connectivity index (χ0n) is 5.80. The molecule has 0 amide bonds. The average molecular weight is 120 g/mol. The molecule has 0 radical (unpaired) electrons. The molecule has 0 aliphatic heterocycles. The Labute approximate surface area is 56.9 Å². The molecule has 0 saturated heterocycles. The van der Waals surface area contributed by atoms with Crippen molar-refractivity contribution in [2.45, 2.75) is 6.92 Å². The summed E-state index contributed by atoms with van der Waals surface area (Å²) in [6.45, 7) is 9.20. The zero-order chi connectivity index (χ0) is 7.11. The molecule has 0 aromatic heterocycles. The van der Waals surface area contributed by atoms with Crippen molar-refractivity contribution in [1.29, 1.82) is 0 Å². The molecule has 0 heterocycles. The summed E-state index contributed by atoms with van der Waals surface area (Å²) in [5.74, 6) is 0. The van der Waals surface area contributed by atoms with E-state index >= 15 is 0 Å². The van der Waals surface area contributed by atoms with Crippen LogP contribution < -0.4 is 0 Å². The van der Waals surface area contributed by atoms with Gasteiger partial charge in [0.15, 0.2) is 0 Å². The molecule has 0 N–H and O–H groups in total. The first-order valence-electron chi connectivity index (χ1n) is 2.93. The maximum absolute atomic E-state index is 3.61. The van der Waals surface area contributed by atoms with E-state index in [1.54, 1.807) is 12.2 Å². The van der Waals surface area contributed by atoms with Crippen molar-refractivity contribution in [2.24, 2.45) is 0 Å². The zero-order valence-corrected chi connectivity index (χ0v) is 5.80. The molecule has 0 saturated carbocycles. The first-order valence-corrected chi connectivity index (χ1v) is 2.93. The molecule has 0 aliphatic carbocycles. The number of rotatable bonds is 3. The molecule has 0 rings (SSSR count). The van der Waals surface area contributed by atoms with Crippen LogP contribution in [-0.4, -0.2) is 0 Å². The van der Waals surface area contributed by atoms with Gasteiger partial charge in [0.25, 0.3) is 0 Å². The number of allylic oxidation sites excluding steroid dienone is 6. The molecule has 0 aliphatic rings. The van der Waals surface area contributed by atoms with Crippen molar-refractivity contribution in [1.82, 2.24) is 0 Å². The minimum Gasteiger partial charge on any atom is -0.0985 e. The lowest BCUT2D eigenvalue weighted by Crippen LogP contribution is -1.63. The summed E-state index contributed by atoms with van der Waals surface area (Å²) in [6.07, 6.45) is 9.42. The smallest absolute Gasteiger partial charge is 0.0269 e. The Balaban J connectivity index is 4.06. The molecule has 9 heavy (non-hydrogen) atoms. The SMILES string of the molecule is C=CC(C=C)=C/C=C\C. The van der Waals surface area contributed by atoms with E-state index in [4.69, 9.17) is 0 Å². The molecule has 0 aromatic carbocycles. The third-order valence-electron chi connectivity index (χ3n) is 0.953. The van der Waals surface area contributed by atoms with Gasteiger partial charge >= 0.3 is 0 Å². The van der Waals surface area contributed by atoms with E-state index in [1.165, 1.54) is 0 Å². The van der Waals surface area contributed by atoms with Crippen LogP contribution in [0.5, 0.6) is 0 Å². The van der Waals surface area contributed by atoms with E-state index in [-0.39, 0.29) is 0 Å². The van der Waals surface area contributed by atoms with E-state index in [2.05, 4.69) is 13.2 Å². The Morgan fingerprint density at radius 3 is 2.11 bits per heavy atom. The highest BCUT2D eigenvalue weighted by atomic mass is 13.8. The van der Waals surface area contributed by atoms with Gasteiger partial charge in [-0.2, -0.15) is 0 Å². The minimum absolute atomic E-state index is 1.05. The summed E-state index contributed by atoms with van der Waals surface area (Å²) in [5, 5.41) is 0. The van der Waals surface area contributed by atoms with Crippen LogP contribution in [0.25, 0.3) is 0 Å². The molecule has 0 heteroatoms. The molecule has 0 bridgehead atoms. The molecular weight excluding hydrogens is 108 g/mol. The summed E-state index contributed by atoms with van der Waals surface area (Å²) in [4.78, 5) is 0. The molecule has 48 valence electrons. The number of hydrogen-bond acceptors (Lipinski definition) is 0. The molecule has 0 aromatic rings. The molecule has 0 nitrogen and oxygen atoms in total. The normalized spacial score (nSPS) is 9.00. The van der Waals surface area contributed by atoms with Crippen LogP contribution in [0, 0.1) is 0 Å². The van der Waals surface area contributed by atoms with Crippen molar-refractivity contribution in [3.63, 3.8) is 0 Å². The summed E-state index contributed by atoms with van der Waals surface area (Å²) in [7, 11) is 0. The lowest BCUT2D eigenvalue weighted by atomic mass is 10.2. The van der Waals surface area contributed by atoms with Gasteiger partial charge < -0.3 is 0 Å². The van der Waals surface area contributed by atoms with Crippen molar-refractivity contribution in [3.05, 3.63) is 49.1 Å². The molecule has 0 fully saturated rings. The Kier molecular flexibility index (Phi) is 4.51. The van der Waals surface area contributed by atoms with Gasteiger partial charge in [-0.25, -0.2) is 0 Å². The van der Waals surface area contributed by atoms with E-state index in [0.29, 0.717) is 0 Å². The Hall–Kier alpha value is -1.04. The second-order valence-corrected chi connectivity index (χ2v) is 1.60. The van der Waals surface area contributed by atoms with Gasteiger partial charge in [-0.1, -0.05) is 43.5 Å². The summed E-state index contributed by atoms with van der Waals surface area (Å²) in [6, 6.07) is 0. The largest absolute Gasteiger partial charge is 0.0985 e. The van der Waals surface area contributed by atoms with Gasteiger partial charge in [0.2, 0.25) is 0 Å². The second-order valence-electron chi connectivity index (χ2n) is 1.60. The van der Waals surface area contributed by atoms with Gasteiger partial charge in [-0.3, -0.25) is 0 Å². The van der Waals surface area contributed by atoms with Crippen LogP contribution >= 0.6 is 0 Å². The fraction of sp³-hybridized carbons (Fsp3) is 0.111. The standard InChI is InChI=1S/C9H12/c1-4-7-8-9(5-2)6-3/h4-8H,2-3H2,1H3/b7-4-. The van der Waals surface area contributed by atoms with Crippen molar-refractivity contribution in [2.75, 3.05) is 0 Å². The van der Waals surface area contributed by atoms with E-state index in [9.17, 15) is 0 Å². The van der Waals surface area contributed by atoms with Crippen molar-refractivity contribution in [3.8, 4) is 0 Å². The maximum Gasteiger partial charge on any atom is -0.0269 e. The lowest BCUT2D eigenvalue weighted by molar-refractivity contribution is 1.67. The number of hydrogen-bond donors (Lipinski definition) is 0. The third-order valence-corrected chi connectivity index (χ3v) is 0.953. The van der Waals surface area contributed by atoms with Crippen LogP contribution in [-0.2, 0) is 0 Å². The average Bonchev–Trinajstić information content (AvgIpc) is 1.91. The Bertz CT molecular complexity index is 137. The quantitative estimate of drug-likeness (QED) is 0.502. The predicted molar refractivity (Wildman–Crippen MR) is 43.3 cm³/mol. The van der Waals surface area contributed by atoms with Crippen molar-refractivity contribution >= 4 is 0 Å². The van der Waals surface area contributed by atoms with E-state index < -0.39 is 0 Å². The first-order chi connectivity index (χ1) is 4.35. The highest BCUT2D eigenvalue weighted by Crippen LogP contribution is 1.95. The van der Waals surface area contributed by atoms with Gasteiger partial charge in [-0.05, 0) is 12.5 Å². The van der Waals surface area contributed by atoms with Crippen LogP contribution in [0.4, 0.5) is 0 Å².